The molecule has 5 nitrogen and oxygen atoms in total. The van der Waals surface area contributed by atoms with Crippen LogP contribution in [0.15, 0.2) is 41.8 Å². The van der Waals surface area contributed by atoms with Crippen molar-refractivity contribution in [3.05, 3.63) is 42.2 Å². The average Bonchev–Trinajstić information content (AvgIpc) is 2.48. The molecule has 1 heterocycles. The number of amides is 1. The molecule has 0 unspecified atom stereocenters. The molecule has 3 N–H and O–H groups in total. The van der Waals surface area contributed by atoms with Crippen molar-refractivity contribution in [1.82, 2.24) is 9.97 Å². The first-order chi connectivity index (χ1) is 10.1. The topological polar surface area (TPSA) is 80.9 Å². The van der Waals surface area contributed by atoms with Crippen LogP contribution >= 0.6 is 11.8 Å². The highest BCUT2D eigenvalue weighted by atomic mass is 32.2. The lowest BCUT2D eigenvalue weighted by atomic mass is 10.2. The van der Waals surface area contributed by atoms with Crippen LogP contribution < -0.4 is 11.1 Å². The number of nitrogens with one attached hydrogen (secondary N) is 1. The van der Waals surface area contributed by atoms with Gasteiger partial charge in [0, 0.05) is 24.6 Å². The predicted octanol–water partition coefficient (Wildman–Crippen LogP) is 2.88. The van der Waals surface area contributed by atoms with E-state index in [-0.39, 0.29) is 5.91 Å². The Labute approximate surface area is 128 Å². The van der Waals surface area contributed by atoms with Crippen molar-refractivity contribution < 1.29 is 4.79 Å². The lowest BCUT2D eigenvalue weighted by molar-refractivity contribution is -0.116. The van der Waals surface area contributed by atoms with E-state index >= 15 is 0 Å². The summed E-state index contributed by atoms with van der Waals surface area (Å²) in [6.07, 6.45) is 4.80. The quantitative estimate of drug-likeness (QED) is 0.371. The predicted molar refractivity (Wildman–Crippen MR) is 86.2 cm³/mol. The molecule has 1 amide bonds. The Morgan fingerprint density at radius 1 is 1.29 bits per heavy atom. The number of nitrogen functional groups attached to an aromatic ring is 1. The van der Waals surface area contributed by atoms with E-state index in [0.717, 1.165) is 22.9 Å². The van der Waals surface area contributed by atoms with E-state index in [0.29, 0.717) is 17.8 Å². The van der Waals surface area contributed by atoms with Crippen molar-refractivity contribution in [2.24, 2.45) is 0 Å². The molecule has 0 aliphatic rings. The number of para-hydroxylation sites is 2. The monoisotopic (exact) mass is 302 g/mol. The van der Waals surface area contributed by atoms with Crippen LogP contribution in [0.5, 0.6) is 0 Å². The number of anilines is 2. The third-order valence-corrected chi connectivity index (χ3v) is 3.73. The molecule has 0 fully saturated rings. The molecule has 0 bridgehead atoms. The highest BCUT2D eigenvalue weighted by Gasteiger charge is 2.05. The third kappa shape index (κ3) is 5.07. The number of rotatable bonds is 6. The summed E-state index contributed by atoms with van der Waals surface area (Å²) in [5.74, 6) is 0.777. The highest BCUT2D eigenvalue weighted by Crippen LogP contribution is 2.18. The summed E-state index contributed by atoms with van der Waals surface area (Å²) >= 11 is 1.55. The molecule has 1 aromatic carbocycles. The van der Waals surface area contributed by atoms with Gasteiger partial charge in [-0.3, -0.25) is 4.79 Å². The average molecular weight is 302 g/mol. The summed E-state index contributed by atoms with van der Waals surface area (Å²) in [7, 11) is 0. The summed E-state index contributed by atoms with van der Waals surface area (Å²) in [5, 5.41) is 3.56. The van der Waals surface area contributed by atoms with Crippen LogP contribution in [0, 0.1) is 6.92 Å². The molecule has 2 aromatic rings. The first-order valence-corrected chi connectivity index (χ1v) is 7.69. The Morgan fingerprint density at radius 2 is 2.00 bits per heavy atom. The first kappa shape index (κ1) is 15.3. The Kier molecular flexibility index (Phi) is 5.57. The number of aromatic nitrogens is 2. The van der Waals surface area contributed by atoms with Gasteiger partial charge in [0.1, 0.15) is 0 Å². The largest absolute Gasteiger partial charge is 0.397 e. The van der Waals surface area contributed by atoms with Gasteiger partial charge in [-0.05, 0) is 31.0 Å². The molecule has 0 saturated carbocycles. The summed E-state index contributed by atoms with van der Waals surface area (Å²) in [5.41, 5.74) is 8.06. The summed E-state index contributed by atoms with van der Waals surface area (Å²) in [6.45, 7) is 1.95. The number of nitrogens with two attached hydrogens (primary N) is 1. The van der Waals surface area contributed by atoms with E-state index in [1.807, 2.05) is 19.1 Å². The molecular formula is C15H18N4OS. The van der Waals surface area contributed by atoms with E-state index < -0.39 is 0 Å². The van der Waals surface area contributed by atoms with E-state index in [1.165, 1.54) is 0 Å². The SMILES string of the molecule is Cc1cnc(SCCCC(=O)Nc2ccccc2N)nc1. The Hall–Kier alpha value is -2.08. The Bertz CT molecular complexity index is 601. The molecule has 0 spiro atoms. The summed E-state index contributed by atoms with van der Waals surface area (Å²) in [4.78, 5) is 20.2. The van der Waals surface area contributed by atoms with Gasteiger partial charge in [-0.2, -0.15) is 0 Å². The molecule has 6 heteroatoms. The van der Waals surface area contributed by atoms with Gasteiger partial charge >= 0.3 is 0 Å². The van der Waals surface area contributed by atoms with Gasteiger partial charge in [-0.25, -0.2) is 9.97 Å². The lowest BCUT2D eigenvalue weighted by Crippen LogP contribution is -2.12. The van der Waals surface area contributed by atoms with Gasteiger partial charge in [0.15, 0.2) is 5.16 Å². The number of nitrogens with zero attached hydrogens (tertiary/aromatic N) is 2. The first-order valence-electron chi connectivity index (χ1n) is 6.71. The number of aryl methyl sites for hydroxylation is 1. The fraction of sp³-hybridized carbons (Fsp3) is 0.267. The second-order valence-corrected chi connectivity index (χ2v) is 5.69. The fourth-order valence-corrected chi connectivity index (χ4v) is 2.40. The maximum Gasteiger partial charge on any atom is 0.224 e. The van der Waals surface area contributed by atoms with Crippen molar-refractivity contribution in [1.29, 1.82) is 0 Å². The van der Waals surface area contributed by atoms with Crippen molar-refractivity contribution in [3.8, 4) is 0 Å². The van der Waals surface area contributed by atoms with E-state index in [4.69, 9.17) is 5.73 Å². The van der Waals surface area contributed by atoms with Crippen molar-refractivity contribution in [3.63, 3.8) is 0 Å². The zero-order valence-corrected chi connectivity index (χ0v) is 12.7. The minimum atomic E-state index is -0.0293. The van der Waals surface area contributed by atoms with Crippen LogP contribution in [0.2, 0.25) is 0 Å². The third-order valence-electron chi connectivity index (χ3n) is 2.77. The Morgan fingerprint density at radius 3 is 2.71 bits per heavy atom. The summed E-state index contributed by atoms with van der Waals surface area (Å²) in [6, 6.07) is 7.24. The maximum atomic E-state index is 11.8. The second kappa shape index (κ2) is 7.64. The van der Waals surface area contributed by atoms with Gasteiger partial charge in [0.25, 0.3) is 0 Å². The van der Waals surface area contributed by atoms with Gasteiger partial charge in [0.05, 0.1) is 11.4 Å². The summed E-state index contributed by atoms with van der Waals surface area (Å²) < 4.78 is 0. The molecule has 1 aromatic heterocycles. The Balaban J connectivity index is 1.70. The molecule has 2 rings (SSSR count). The van der Waals surface area contributed by atoms with E-state index in [1.54, 1.807) is 36.3 Å². The smallest absolute Gasteiger partial charge is 0.224 e. The number of hydrogen-bond donors (Lipinski definition) is 2. The standard InChI is InChI=1S/C15H18N4OS/c1-11-9-17-15(18-10-11)21-8-4-7-14(20)19-13-6-3-2-5-12(13)16/h2-3,5-6,9-10H,4,7-8,16H2,1H3,(H,19,20). The minimum absolute atomic E-state index is 0.0293. The van der Waals surface area contributed by atoms with Gasteiger partial charge < -0.3 is 11.1 Å². The molecule has 0 saturated heterocycles. The normalized spacial score (nSPS) is 10.3. The number of carbonyl (C=O) groups excluding carboxylic acids is 1. The number of benzene rings is 1. The van der Waals surface area contributed by atoms with Gasteiger partial charge in [-0.1, -0.05) is 23.9 Å². The van der Waals surface area contributed by atoms with Crippen LogP contribution in [0.25, 0.3) is 0 Å². The van der Waals surface area contributed by atoms with E-state index in [2.05, 4.69) is 15.3 Å². The van der Waals surface area contributed by atoms with Crippen molar-refractivity contribution in [2.45, 2.75) is 24.9 Å². The number of thioether (sulfide) groups is 1. The molecule has 0 aliphatic heterocycles. The zero-order valence-electron chi connectivity index (χ0n) is 11.9. The van der Waals surface area contributed by atoms with Crippen LogP contribution in [-0.4, -0.2) is 21.6 Å². The lowest BCUT2D eigenvalue weighted by Gasteiger charge is -2.07. The van der Waals surface area contributed by atoms with Crippen molar-refractivity contribution in [2.75, 3.05) is 16.8 Å². The second-order valence-electron chi connectivity index (χ2n) is 4.63. The van der Waals surface area contributed by atoms with Gasteiger partial charge in [-0.15, -0.1) is 0 Å². The molecule has 0 atom stereocenters. The molecular weight excluding hydrogens is 284 g/mol. The zero-order chi connectivity index (χ0) is 15.1. The fourth-order valence-electron chi connectivity index (χ4n) is 1.68. The number of carbonyl (C=O) groups is 1. The van der Waals surface area contributed by atoms with Crippen LogP contribution in [0.4, 0.5) is 11.4 Å². The van der Waals surface area contributed by atoms with Crippen LogP contribution in [0.3, 0.4) is 0 Å². The molecule has 0 radical (unpaired) electrons. The molecule has 0 aliphatic carbocycles. The molecule has 21 heavy (non-hydrogen) atoms. The van der Waals surface area contributed by atoms with Crippen molar-refractivity contribution >= 4 is 29.0 Å². The molecule has 110 valence electrons. The van der Waals surface area contributed by atoms with Crippen LogP contribution in [0.1, 0.15) is 18.4 Å². The minimum Gasteiger partial charge on any atom is -0.397 e. The highest BCUT2D eigenvalue weighted by molar-refractivity contribution is 7.99. The number of hydrogen-bond acceptors (Lipinski definition) is 5. The van der Waals surface area contributed by atoms with E-state index in [9.17, 15) is 4.79 Å². The maximum absolute atomic E-state index is 11.8. The van der Waals surface area contributed by atoms with Gasteiger partial charge in [0.2, 0.25) is 5.91 Å². The van der Waals surface area contributed by atoms with Crippen LogP contribution in [-0.2, 0) is 4.79 Å².